The van der Waals surface area contributed by atoms with E-state index in [0.29, 0.717) is 24.2 Å². The molecular weight excluding hydrogens is 1060 g/mol. The highest BCUT2D eigenvalue weighted by Gasteiger charge is 2.47. The van der Waals surface area contributed by atoms with Crippen LogP contribution in [0, 0.1) is 29.6 Å². The zero-order valence-corrected chi connectivity index (χ0v) is 53.6. The number of fused-ring (bicyclic) bond motifs is 1. The van der Waals surface area contributed by atoms with Gasteiger partial charge in [0.15, 0.2) is 20.2 Å². The van der Waals surface area contributed by atoms with Crippen molar-refractivity contribution in [2.75, 3.05) is 27.7 Å². The maximum atomic E-state index is 15.5. The number of ether oxygens (including phenoxy) is 4. The summed E-state index contributed by atoms with van der Waals surface area (Å²) in [6, 6.07) is -0.546. The van der Waals surface area contributed by atoms with Gasteiger partial charge in [0, 0.05) is 27.1 Å². The summed E-state index contributed by atoms with van der Waals surface area (Å²) in [5.74, 6) is -8.06. The summed E-state index contributed by atoms with van der Waals surface area (Å²) in [5.41, 5.74) is -0.305. The molecule has 0 bridgehead atoms. The number of carbonyl (C=O) groups is 9. The van der Waals surface area contributed by atoms with Crippen LogP contribution in [0.4, 0.5) is 4.79 Å². The number of cyclic esters (lactones) is 2. The molecule has 0 spiro atoms. The Morgan fingerprint density at radius 2 is 1.47 bits per heavy atom. The Bertz CT molecular complexity index is 2350. The monoisotopic (exact) mass is 1160 g/mol. The maximum Gasteiger partial charge on any atom is 0.410 e. The largest absolute Gasteiger partial charge is 0.497 e. The van der Waals surface area contributed by atoms with Crippen LogP contribution in [0.3, 0.4) is 0 Å². The van der Waals surface area contributed by atoms with Crippen molar-refractivity contribution in [3.63, 3.8) is 0 Å². The molecule has 6 amide bonds. The van der Waals surface area contributed by atoms with Crippen molar-refractivity contribution < 1.29 is 66.5 Å². The third-order valence-corrected chi connectivity index (χ3v) is 20.4. The first-order valence-electron chi connectivity index (χ1n) is 29.0. The lowest BCUT2D eigenvalue weighted by molar-refractivity contribution is -0.163. The fourth-order valence-electron chi connectivity index (χ4n) is 9.71. The first-order chi connectivity index (χ1) is 37.3. The number of hydrogen-bond acceptors (Lipinski definition) is 14. The normalized spacial score (nSPS) is 25.6. The number of benzene rings is 1. The van der Waals surface area contributed by atoms with Gasteiger partial charge in [-0.15, -0.1) is 0 Å². The second kappa shape index (κ2) is 29.6. The van der Waals surface area contributed by atoms with Gasteiger partial charge < -0.3 is 49.1 Å². The zero-order valence-electron chi connectivity index (χ0n) is 52.6. The van der Waals surface area contributed by atoms with E-state index >= 15 is 14.4 Å². The smallest absolute Gasteiger partial charge is 0.410 e. The number of rotatable bonds is 15. The number of hydrogen-bond donors (Lipinski definition) is 3. The molecule has 20 nitrogen and oxygen atoms in total. The molecule has 1 aromatic rings. The number of carbonyl (C=O) groups excluding carboxylic acids is 9. The van der Waals surface area contributed by atoms with Gasteiger partial charge >= 0.3 is 18.0 Å². The Kier molecular flexibility index (Phi) is 25.5. The van der Waals surface area contributed by atoms with Crippen LogP contribution < -0.4 is 20.7 Å². The topological polar surface area (TPSA) is 246 Å². The van der Waals surface area contributed by atoms with Crippen molar-refractivity contribution in [2.24, 2.45) is 29.6 Å². The molecule has 2 fully saturated rings. The molecule has 81 heavy (non-hydrogen) atoms. The molecule has 2 aliphatic rings. The molecule has 458 valence electrons. The molecule has 1 aromatic carbocycles. The van der Waals surface area contributed by atoms with Crippen LogP contribution in [0.2, 0.25) is 18.1 Å². The summed E-state index contributed by atoms with van der Waals surface area (Å²) in [4.78, 5) is 136. The molecule has 11 atom stereocenters. The highest BCUT2D eigenvalue weighted by molar-refractivity contribution is 6.74. The quantitative estimate of drug-likeness (QED) is 0.0672. The first kappa shape index (κ1) is 69.7. The summed E-state index contributed by atoms with van der Waals surface area (Å²) in [5, 5.41) is 8.35. The van der Waals surface area contributed by atoms with E-state index < -0.39 is 151 Å². The number of methoxy groups -OCH3 is 1. The Labute approximate surface area is 484 Å². The molecular formula is C60H100N6O14Si. The number of amides is 6. The Morgan fingerprint density at radius 3 is 1.99 bits per heavy atom. The molecule has 2 heterocycles. The van der Waals surface area contributed by atoms with Gasteiger partial charge in [-0.2, -0.15) is 0 Å². The van der Waals surface area contributed by atoms with Crippen LogP contribution in [-0.4, -0.2) is 164 Å². The predicted molar refractivity (Wildman–Crippen MR) is 311 cm³/mol. The van der Waals surface area contributed by atoms with Crippen LogP contribution in [0.1, 0.15) is 155 Å². The third-order valence-electron chi connectivity index (χ3n) is 15.9. The first-order valence-corrected chi connectivity index (χ1v) is 31.9. The molecule has 0 saturated carbocycles. The highest BCUT2D eigenvalue weighted by Crippen LogP contribution is 2.39. The van der Waals surface area contributed by atoms with Gasteiger partial charge in [-0.1, -0.05) is 94.7 Å². The van der Waals surface area contributed by atoms with E-state index in [0.717, 1.165) is 0 Å². The van der Waals surface area contributed by atoms with Crippen molar-refractivity contribution in [3.8, 4) is 5.75 Å². The lowest BCUT2D eigenvalue weighted by atomic mass is 9.91. The van der Waals surface area contributed by atoms with Crippen molar-refractivity contribution in [1.29, 1.82) is 0 Å². The van der Waals surface area contributed by atoms with Crippen molar-refractivity contribution in [3.05, 3.63) is 29.8 Å². The van der Waals surface area contributed by atoms with Crippen molar-refractivity contribution >= 4 is 61.7 Å². The fraction of sp³-hybridized carbons (Fsp3) is 0.750. The average Bonchev–Trinajstić information content (AvgIpc) is 3.88. The number of nitrogens with one attached hydrogen (secondary N) is 3. The van der Waals surface area contributed by atoms with Crippen molar-refractivity contribution in [1.82, 2.24) is 30.7 Å². The van der Waals surface area contributed by atoms with Crippen LogP contribution in [0.5, 0.6) is 5.75 Å². The lowest BCUT2D eigenvalue weighted by Gasteiger charge is -2.43. The van der Waals surface area contributed by atoms with Crippen molar-refractivity contribution in [2.45, 2.75) is 234 Å². The second-order valence-electron chi connectivity index (χ2n) is 26.1. The van der Waals surface area contributed by atoms with Crippen LogP contribution in [-0.2, 0) is 63.4 Å². The fourth-order valence-corrected chi connectivity index (χ4v) is 11.1. The number of Topliss-reactive ketones (excluding diaryl/α,β-unsaturated/α-hetero) is 1. The van der Waals surface area contributed by atoms with Gasteiger partial charge in [-0.25, -0.2) is 9.59 Å². The minimum Gasteiger partial charge on any atom is -0.497 e. The SMILES string of the molecule is CC[C@H](C)[C@H]1NC(=O)[C@@H](NC(=O)[C@@H](CC(C)C)N(C)C(=O)OC(C)(C)C)[C@@H](C)OC(=O)[C@H](Cc2ccc(OC)cc2)N(C)C(=O)[C@@H]2CCCN2C(=O)[C@H](CC(C)C)NC(=O)[C@@H](C)C(=O)[C@H](C(C)C)OC(=O)C[C@@H]1O[Si](C)(C)C(C)(C)C. The molecule has 2 aliphatic heterocycles. The van der Waals surface area contributed by atoms with E-state index in [-0.39, 0.29) is 44.1 Å². The number of likely N-dealkylation sites (N-methyl/N-ethyl adjacent to an activating group) is 2. The van der Waals surface area contributed by atoms with Gasteiger partial charge in [-0.3, -0.25) is 38.5 Å². The van der Waals surface area contributed by atoms with E-state index in [4.69, 9.17) is 23.4 Å². The number of ketones is 1. The predicted octanol–water partition coefficient (Wildman–Crippen LogP) is 7.38. The number of esters is 2. The minimum absolute atomic E-state index is 0.0905. The Hall–Kier alpha value is -5.57. The molecule has 0 aromatic heterocycles. The van der Waals surface area contributed by atoms with E-state index in [9.17, 15) is 28.8 Å². The average molecular weight is 1160 g/mol. The Balaban J connectivity index is 2.43. The maximum absolute atomic E-state index is 15.5. The summed E-state index contributed by atoms with van der Waals surface area (Å²) < 4.78 is 30.5. The number of nitrogens with zero attached hydrogens (tertiary/aromatic N) is 3. The molecule has 3 rings (SSSR count). The van der Waals surface area contributed by atoms with E-state index in [1.54, 1.807) is 58.9 Å². The zero-order chi connectivity index (χ0) is 61.8. The lowest BCUT2D eigenvalue weighted by Crippen LogP contribution is -2.62. The van der Waals surface area contributed by atoms with Gasteiger partial charge in [0.25, 0.3) is 0 Å². The second-order valence-corrected chi connectivity index (χ2v) is 30.8. The Morgan fingerprint density at radius 1 is 0.864 bits per heavy atom. The summed E-state index contributed by atoms with van der Waals surface area (Å²) >= 11 is 0. The molecule has 21 heteroatoms. The molecule has 0 unspecified atom stereocenters. The van der Waals surface area contributed by atoms with Gasteiger partial charge in [0.2, 0.25) is 29.5 Å². The van der Waals surface area contributed by atoms with Gasteiger partial charge in [0.05, 0.1) is 31.6 Å². The van der Waals surface area contributed by atoms with E-state index in [2.05, 4.69) is 16.0 Å². The highest BCUT2D eigenvalue weighted by atomic mass is 28.4. The summed E-state index contributed by atoms with van der Waals surface area (Å²) in [6.07, 6.45) is -3.86. The molecule has 0 radical (unpaired) electrons. The standard InChI is InChI=1S/C60H100N6O14Si/c1-22-37(8)48-46(80-81(20,21)60(14,15)16)33-47(67)78-51(36(6)7)50(68)38(9)52(69)61-42(30-34(2)3)55(72)66-29-23-24-43(66)56(73)64(17)45(32-40-25-27-41(76-19)28-26-40)57(74)77-39(10)49(54(71)62-48)63-53(70)44(31-35(4)5)65(18)58(75)79-59(11,12)13/h25-28,34-39,42-46,48-49,51H,22-24,29-33H2,1-21H3,(H,61,69)(H,62,71)(H,63,70)/t37-,38-,39+,42-,43-,44+,45-,46-,48+,49-,51-/m0/s1. The molecule has 2 saturated heterocycles. The van der Waals surface area contributed by atoms with Crippen LogP contribution in [0.15, 0.2) is 24.3 Å². The third kappa shape index (κ3) is 19.5. The van der Waals surface area contributed by atoms with Gasteiger partial charge in [-0.05, 0) is 120 Å². The van der Waals surface area contributed by atoms with E-state index in [1.807, 2.05) is 75.4 Å². The van der Waals surface area contributed by atoms with Crippen LogP contribution in [0.25, 0.3) is 0 Å². The summed E-state index contributed by atoms with van der Waals surface area (Å²) in [7, 11) is 1.54. The van der Waals surface area contributed by atoms with Gasteiger partial charge in [0.1, 0.15) is 47.7 Å². The van der Waals surface area contributed by atoms with E-state index in [1.165, 1.54) is 49.8 Å². The van der Waals surface area contributed by atoms with Crippen LogP contribution >= 0.6 is 0 Å². The molecule has 0 aliphatic carbocycles. The summed E-state index contributed by atoms with van der Waals surface area (Å²) in [6.45, 7) is 32.8. The molecule has 3 N–H and O–H groups in total. The minimum atomic E-state index is -2.84.